The fraction of sp³-hybridized carbons (Fsp3) is 0.737. The SMILES string of the molecule is CC\C=C/C=C\C=C/CCCCCCCC(=O)OCC(COC(=O)CCCCCCCCC/C=C\CCCCCCCC)OC(=O)CCCCCCCC/C=C\C=C/CCCCC. The largest absolute Gasteiger partial charge is 0.462 e. The van der Waals surface area contributed by atoms with Crippen LogP contribution in [-0.2, 0) is 28.6 Å². The Labute approximate surface area is 389 Å². The van der Waals surface area contributed by atoms with Crippen LogP contribution >= 0.6 is 0 Å². The van der Waals surface area contributed by atoms with Crippen LogP contribution in [0.15, 0.2) is 72.9 Å². The molecule has 0 saturated carbocycles. The normalized spacial score (nSPS) is 12.6. The molecule has 0 bridgehead atoms. The minimum atomic E-state index is -0.791. The van der Waals surface area contributed by atoms with Gasteiger partial charge in [-0.05, 0) is 89.9 Å². The molecule has 1 atom stereocenters. The molecule has 63 heavy (non-hydrogen) atoms. The van der Waals surface area contributed by atoms with E-state index in [0.717, 1.165) is 96.3 Å². The van der Waals surface area contributed by atoms with Gasteiger partial charge in [-0.25, -0.2) is 0 Å². The van der Waals surface area contributed by atoms with Crippen LogP contribution in [0.3, 0.4) is 0 Å². The molecule has 0 aliphatic rings. The average molecular weight is 879 g/mol. The summed E-state index contributed by atoms with van der Waals surface area (Å²) in [6.45, 7) is 6.45. The van der Waals surface area contributed by atoms with Gasteiger partial charge in [-0.1, -0.05) is 216 Å². The number of hydrogen-bond donors (Lipinski definition) is 0. The van der Waals surface area contributed by atoms with Gasteiger partial charge < -0.3 is 14.2 Å². The summed E-state index contributed by atoms with van der Waals surface area (Å²) in [6, 6.07) is 0. The first kappa shape index (κ1) is 59.9. The van der Waals surface area contributed by atoms with Crippen molar-refractivity contribution in [3.63, 3.8) is 0 Å². The van der Waals surface area contributed by atoms with E-state index in [-0.39, 0.29) is 31.1 Å². The number of hydrogen-bond acceptors (Lipinski definition) is 6. The number of allylic oxidation sites excluding steroid dienone is 12. The van der Waals surface area contributed by atoms with Gasteiger partial charge in [-0.2, -0.15) is 0 Å². The van der Waals surface area contributed by atoms with Crippen molar-refractivity contribution in [3.8, 4) is 0 Å². The summed E-state index contributed by atoms with van der Waals surface area (Å²) in [6.07, 6.45) is 64.5. The fourth-order valence-electron chi connectivity index (χ4n) is 7.25. The molecular weight excluding hydrogens is 781 g/mol. The van der Waals surface area contributed by atoms with Crippen molar-refractivity contribution in [1.82, 2.24) is 0 Å². The molecule has 0 amide bonds. The Morgan fingerprint density at radius 2 is 0.635 bits per heavy atom. The van der Waals surface area contributed by atoms with Gasteiger partial charge in [0.1, 0.15) is 13.2 Å². The van der Waals surface area contributed by atoms with Crippen LogP contribution in [0, 0.1) is 0 Å². The number of unbranched alkanes of at least 4 members (excludes halogenated alkanes) is 27. The predicted molar refractivity (Wildman–Crippen MR) is 270 cm³/mol. The molecule has 0 radical (unpaired) electrons. The lowest BCUT2D eigenvalue weighted by molar-refractivity contribution is -0.167. The highest BCUT2D eigenvalue weighted by Crippen LogP contribution is 2.14. The molecule has 0 fully saturated rings. The third kappa shape index (κ3) is 49.7. The molecule has 0 aromatic heterocycles. The number of rotatable bonds is 47. The summed E-state index contributed by atoms with van der Waals surface area (Å²) in [7, 11) is 0. The molecule has 0 aliphatic carbocycles. The van der Waals surface area contributed by atoms with E-state index in [4.69, 9.17) is 14.2 Å². The molecular formula is C57H98O6. The minimum absolute atomic E-state index is 0.0893. The number of carbonyl (C=O) groups excluding carboxylic acids is 3. The zero-order chi connectivity index (χ0) is 45.8. The number of esters is 3. The highest BCUT2D eigenvalue weighted by molar-refractivity contribution is 5.71. The molecule has 0 aliphatic heterocycles. The molecule has 1 unspecified atom stereocenters. The van der Waals surface area contributed by atoms with Crippen LogP contribution in [0.4, 0.5) is 0 Å². The maximum absolute atomic E-state index is 12.8. The van der Waals surface area contributed by atoms with Crippen LogP contribution in [0.2, 0.25) is 0 Å². The van der Waals surface area contributed by atoms with E-state index in [0.29, 0.717) is 19.3 Å². The summed E-state index contributed by atoms with van der Waals surface area (Å²) in [5.41, 5.74) is 0. The number of carbonyl (C=O) groups is 3. The Hall–Kier alpha value is -3.15. The first-order chi connectivity index (χ1) is 31.0. The van der Waals surface area contributed by atoms with E-state index in [1.165, 1.54) is 116 Å². The molecule has 0 heterocycles. The monoisotopic (exact) mass is 879 g/mol. The molecule has 0 rings (SSSR count). The van der Waals surface area contributed by atoms with Crippen molar-refractivity contribution in [2.24, 2.45) is 0 Å². The highest BCUT2D eigenvalue weighted by Gasteiger charge is 2.19. The zero-order valence-electron chi connectivity index (χ0n) is 41.3. The van der Waals surface area contributed by atoms with E-state index < -0.39 is 6.10 Å². The first-order valence-electron chi connectivity index (χ1n) is 26.5. The molecule has 0 N–H and O–H groups in total. The molecule has 362 valence electrons. The predicted octanol–water partition coefficient (Wildman–Crippen LogP) is 17.4. The van der Waals surface area contributed by atoms with Gasteiger partial charge in [0.2, 0.25) is 0 Å². The summed E-state index contributed by atoms with van der Waals surface area (Å²) >= 11 is 0. The lowest BCUT2D eigenvalue weighted by Gasteiger charge is -2.18. The minimum Gasteiger partial charge on any atom is -0.462 e. The Balaban J connectivity index is 4.42. The topological polar surface area (TPSA) is 78.9 Å². The van der Waals surface area contributed by atoms with Crippen LogP contribution in [-0.4, -0.2) is 37.2 Å². The lowest BCUT2D eigenvalue weighted by atomic mass is 10.1. The summed E-state index contributed by atoms with van der Waals surface area (Å²) in [5, 5.41) is 0. The Morgan fingerprint density at radius 1 is 0.333 bits per heavy atom. The van der Waals surface area contributed by atoms with Crippen molar-refractivity contribution in [1.29, 1.82) is 0 Å². The van der Waals surface area contributed by atoms with Crippen molar-refractivity contribution >= 4 is 17.9 Å². The van der Waals surface area contributed by atoms with E-state index in [9.17, 15) is 14.4 Å². The molecule has 0 aromatic carbocycles. The lowest BCUT2D eigenvalue weighted by Crippen LogP contribution is -2.30. The van der Waals surface area contributed by atoms with E-state index in [1.807, 2.05) is 0 Å². The highest BCUT2D eigenvalue weighted by atomic mass is 16.6. The summed E-state index contributed by atoms with van der Waals surface area (Å²) < 4.78 is 16.8. The van der Waals surface area contributed by atoms with Crippen molar-refractivity contribution < 1.29 is 28.6 Å². The molecule has 6 nitrogen and oxygen atoms in total. The second kappa shape index (κ2) is 51.5. The van der Waals surface area contributed by atoms with Gasteiger partial charge >= 0.3 is 17.9 Å². The smallest absolute Gasteiger partial charge is 0.306 e. The summed E-state index contributed by atoms with van der Waals surface area (Å²) in [5.74, 6) is -0.924. The van der Waals surface area contributed by atoms with Crippen LogP contribution in [0.1, 0.15) is 252 Å². The van der Waals surface area contributed by atoms with Gasteiger partial charge in [-0.15, -0.1) is 0 Å². The third-order valence-electron chi connectivity index (χ3n) is 11.3. The molecule has 0 aromatic rings. The second-order valence-electron chi connectivity index (χ2n) is 17.5. The molecule has 0 spiro atoms. The quantitative estimate of drug-likeness (QED) is 0.0199. The van der Waals surface area contributed by atoms with Gasteiger partial charge in [0, 0.05) is 19.3 Å². The fourth-order valence-corrected chi connectivity index (χ4v) is 7.25. The second-order valence-corrected chi connectivity index (χ2v) is 17.5. The van der Waals surface area contributed by atoms with Gasteiger partial charge in [0.15, 0.2) is 6.10 Å². The van der Waals surface area contributed by atoms with Crippen molar-refractivity contribution in [3.05, 3.63) is 72.9 Å². The van der Waals surface area contributed by atoms with Gasteiger partial charge in [-0.3, -0.25) is 14.4 Å². The summed E-state index contributed by atoms with van der Waals surface area (Å²) in [4.78, 5) is 38.0. The Kier molecular flexibility index (Phi) is 48.9. The maximum Gasteiger partial charge on any atom is 0.306 e. The van der Waals surface area contributed by atoms with Crippen LogP contribution in [0.5, 0.6) is 0 Å². The average Bonchev–Trinajstić information content (AvgIpc) is 3.28. The third-order valence-corrected chi connectivity index (χ3v) is 11.3. The van der Waals surface area contributed by atoms with Gasteiger partial charge in [0.05, 0.1) is 0 Å². The van der Waals surface area contributed by atoms with Crippen molar-refractivity contribution in [2.75, 3.05) is 13.2 Å². The number of ether oxygens (including phenoxy) is 3. The van der Waals surface area contributed by atoms with E-state index in [2.05, 4.69) is 93.7 Å². The molecule has 6 heteroatoms. The van der Waals surface area contributed by atoms with Crippen molar-refractivity contribution in [2.45, 2.75) is 258 Å². The van der Waals surface area contributed by atoms with E-state index >= 15 is 0 Å². The zero-order valence-corrected chi connectivity index (χ0v) is 41.3. The van der Waals surface area contributed by atoms with E-state index in [1.54, 1.807) is 0 Å². The van der Waals surface area contributed by atoms with Crippen LogP contribution in [0.25, 0.3) is 0 Å². The first-order valence-corrected chi connectivity index (χ1v) is 26.5. The Bertz CT molecular complexity index is 1190. The molecule has 0 saturated heterocycles. The van der Waals surface area contributed by atoms with Crippen LogP contribution < -0.4 is 0 Å². The van der Waals surface area contributed by atoms with Gasteiger partial charge in [0.25, 0.3) is 0 Å². The maximum atomic E-state index is 12.8. The Morgan fingerprint density at radius 3 is 1.05 bits per heavy atom. The standard InChI is InChI=1S/C57H98O6/c1-4-7-10-13-16-19-22-25-27-28-30-32-35-38-41-44-47-50-56(59)62-53-54(52-61-55(58)49-46-43-40-37-34-31-24-21-18-15-12-9-6-3)63-57(60)51-48-45-42-39-36-33-29-26-23-20-17-14-11-8-5-2/h9,12,15,17-18,20-21,23-27,54H,4-8,10-11,13-14,16,19,22,28-53H2,1-3H3/b12-9-,18-15-,20-17-,24-21-,26-23-,27-25-.